The molecule has 2 aromatic rings. The molecule has 7 heteroatoms. The summed E-state index contributed by atoms with van der Waals surface area (Å²) in [7, 11) is 0. The highest BCUT2D eigenvalue weighted by molar-refractivity contribution is 5.91. The summed E-state index contributed by atoms with van der Waals surface area (Å²) in [6.07, 6.45) is 6.07. The first kappa shape index (κ1) is 15.7. The van der Waals surface area contributed by atoms with Gasteiger partial charge in [0.15, 0.2) is 22.8 Å². The molecule has 0 saturated heterocycles. The van der Waals surface area contributed by atoms with Crippen LogP contribution in [0, 0.1) is 5.92 Å². The minimum absolute atomic E-state index is 0.0651. The lowest BCUT2D eigenvalue weighted by molar-refractivity contribution is 0.100. The summed E-state index contributed by atoms with van der Waals surface area (Å²) in [6.45, 7) is 4.45. The van der Waals surface area contributed by atoms with Gasteiger partial charge in [0, 0.05) is 13.5 Å². The van der Waals surface area contributed by atoms with E-state index >= 15 is 0 Å². The highest BCUT2D eigenvalue weighted by Gasteiger charge is 2.22. The lowest BCUT2D eigenvalue weighted by atomic mass is 9.89. The minimum atomic E-state index is -0.399. The molecule has 1 aliphatic rings. The molecular formula is C16H22N4O3. The number of ether oxygens (including phenoxy) is 1. The van der Waals surface area contributed by atoms with Gasteiger partial charge < -0.3 is 9.72 Å². The Balaban J connectivity index is 2.09. The van der Waals surface area contributed by atoms with Gasteiger partial charge in [-0.25, -0.2) is 4.98 Å². The molecule has 124 valence electrons. The van der Waals surface area contributed by atoms with Crippen LogP contribution in [0.2, 0.25) is 0 Å². The van der Waals surface area contributed by atoms with Crippen molar-refractivity contribution in [3.63, 3.8) is 0 Å². The highest BCUT2D eigenvalue weighted by Crippen LogP contribution is 2.28. The van der Waals surface area contributed by atoms with Crippen molar-refractivity contribution in [2.24, 2.45) is 5.92 Å². The van der Waals surface area contributed by atoms with Gasteiger partial charge in [-0.2, -0.15) is 4.98 Å². The lowest BCUT2D eigenvalue weighted by Gasteiger charge is -2.22. The van der Waals surface area contributed by atoms with E-state index in [0.29, 0.717) is 24.2 Å². The number of aromatic nitrogens is 4. The van der Waals surface area contributed by atoms with E-state index in [1.54, 1.807) is 0 Å². The quantitative estimate of drug-likeness (QED) is 0.854. The zero-order valence-corrected chi connectivity index (χ0v) is 13.6. The van der Waals surface area contributed by atoms with Crippen LogP contribution in [0.25, 0.3) is 11.2 Å². The Labute approximate surface area is 134 Å². The van der Waals surface area contributed by atoms with Gasteiger partial charge in [-0.15, -0.1) is 0 Å². The van der Waals surface area contributed by atoms with E-state index in [0.717, 1.165) is 19.4 Å². The van der Waals surface area contributed by atoms with Gasteiger partial charge >= 0.3 is 0 Å². The molecule has 7 nitrogen and oxygen atoms in total. The van der Waals surface area contributed by atoms with Crippen molar-refractivity contribution in [2.75, 3.05) is 6.61 Å². The van der Waals surface area contributed by atoms with Crippen molar-refractivity contribution in [1.29, 1.82) is 0 Å². The molecule has 3 rings (SSSR count). The molecule has 1 N–H and O–H groups in total. The zero-order valence-electron chi connectivity index (χ0n) is 13.6. The minimum Gasteiger partial charge on any atom is -0.465 e. The van der Waals surface area contributed by atoms with E-state index in [4.69, 9.17) is 4.74 Å². The summed E-state index contributed by atoms with van der Waals surface area (Å²) in [5.74, 6) is 0.324. The molecule has 0 atom stereocenters. The smallest absolute Gasteiger partial charge is 0.298 e. The van der Waals surface area contributed by atoms with E-state index in [9.17, 15) is 9.59 Å². The number of hydrogen-bond acceptors (Lipinski definition) is 5. The summed E-state index contributed by atoms with van der Waals surface area (Å²) >= 11 is 0. The van der Waals surface area contributed by atoms with Crippen LogP contribution < -0.4 is 10.3 Å². The van der Waals surface area contributed by atoms with Crippen LogP contribution in [-0.2, 0) is 6.54 Å². The predicted molar refractivity (Wildman–Crippen MR) is 85.9 cm³/mol. The molecule has 0 amide bonds. The third-order valence-electron chi connectivity index (χ3n) is 4.34. The van der Waals surface area contributed by atoms with Crippen molar-refractivity contribution in [2.45, 2.75) is 52.5 Å². The number of fused-ring (bicyclic) bond motifs is 1. The number of H-pyrrole nitrogens is 1. The first-order valence-electron chi connectivity index (χ1n) is 8.24. The van der Waals surface area contributed by atoms with Crippen LogP contribution in [0.3, 0.4) is 0 Å². The average Bonchev–Trinajstić information content (AvgIpc) is 2.87. The van der Waals surface area contributed by atoms with Crippen molar-refractivity contribution >= 4 is 16.9 Å². The molecule has 0 aromatic carbocycles. The summed E-state index contributed by atoms with van der Waals surface area (Å²) in [5.41, 5.74) is 0.269. The van der Waals surface area contributed by atoms with Crippen molar-refractivity contribution in [3.8, 4) is 6.01 Å². The summed E-state index contributed by atoms with van der Waals surface area (Å²) in [5, 5.41) is 0. The van der Waals surface area contributed by atoms with Crippen LogP contribution in [-0.4, -0.2) is 31.9 Å². The molecule has 2 heterocycles. The molecule has 0 aliphatic heterocycles. The Bertz CT molecular complexity index is 771. The number of carbonyl (C=O) groups is 1. The number of carbonyl (C=O) groups excluding carboxylic acids is 1. The van der Waals surface area contributed by atoms with E-state index < -0.39 is 5.56 Å². The SMILES string of the molecule is CCOc1nc2c(=O)[nH]c(C(C)=O)nc2n1CC1CCCCC1. The van der Waals surface area contributed by atoms with E-state index in [1.807, 2.05) is 11.5 Å². The molecule has 0 radical (unpaired) electrons. The number of ketones is 1. The summed E-state index contributed by atoms with van der Waals surface area (Å²) < 4.78 is 7.45. The van der Waals surface area contributed by atoms with Crippen LogP contribution in [0.15, 0.2) is 4.79 Å². The maximum absolute atomic E-state index is 12.2. The third-order valence-corrected chi connectivity index (χ3v) is 4.34. The van der Waals surface area contributed by atoms with Crippen LogP contribution in [0.4, 0.5) is 0 Å². The summed E-state index contributed by atoms with van der Waals surface area (Å²) in [6, 6.07) is 0.409. The second-order valence-corrected chi connectivity index (χ2v) is 6.08. The highest BCUT2D eigenvalue weighted by atomic mass is 16.5. The predicted octanol–water partition coefficient (Wildman–Crippen LogP) is 2.30. The van der Waals surface area contributed by atoms with E-state index in [-0.39, 0.29) is 17.1 Å². The lowest BCUT2D eigenvalue weighted by Crippen LogP contribution is -2.18. The van der Waals surface area contributed by atoms with Gasteiger partial charge in [-0.05, 0) is 25.7 Å². The van der Waals surface area contributed by atoms with Crippen LogP contribution in [0.5, 0.6) is 6.01 Å². The molecule has 23 heavy (non-hydrogen) atoms. The molecule has 2 aromatic heterocycles. The fourth-order valence-electron chi connectivity index (χ4n) is 3.19. The number of imidazole rings is 1. The van der Waals surface area contributed by atoms with Gasteiger partial charge in [0.25, 0.3) is 11.6 Å². The van der Waals surface area contributed by atoms with Crippen molar-refractivity contribution < 1.29 is 9.53 Å². The molecule has 1 saturated carbocycles. The van der Waals surface area contributed by atoms with Gasteiger partial charge in [0.1, 0.15) is 0 Å². The maximum Gasteiger partial charge on any atom is 0.298 e. The zero-order chi connectivity index (χ0) is 16.4. The molecule has 1 fully saturated rings. The Kier molecular flexibility index (Phi) is 4.45. The van der Waals surface area contributed by atoms with Gasteiger partial charge in [0.05, 0.1) is 6.61 Å². The van der Waals surface area contributed by atoms with Gasteiger partial charge in [-0.1, -0.05) is 19.3 Å². The van der Waals surface area contributed by atoms with Gasteiger partial charge in [0.2, 0.25) is 0 Å². The normalized spacial score (nSPS) is 15.9. The Hall–Kier alpha value is -2.18. The summed E-state index contributed by atoms with van der Waals surface area (Å²) in [4.78, 5) is 34.9. The van der Waals surface area contributed by atoms with Crippen LogP contribution >= 0.6 is 0 Å². The second kappa shape index (κ2) is 6.52. The monoisotopic (exact) mass is 318 g/mol. The largest absolute Gasteiger partial charge is 0.465 e. The fraction of sp³-hybridized carbons (Fsp3) is 0.625. The number of nitrogens with one attached hydrogen (secondary N) is 1. The molecular weight excluding hydrogens is 296 g/mol. The molecule has 0 unspecified atom stereocenters. The fourth-order valence-corrected chi connectivity index (χ4v) is 3.19. The number of rotatable bonds is 5. The maximum atomic E-state index is 12.2. The number of hydrogen-bond donors (Lipinski definition) is 1. The topological polar surface area (TPSA) is 89.9 Å². The first-order chi connectivity index (χ1) is 11.1. The second-order valence-electron chi connectivity index (χ2n) is 6.08. The Morgan fingerprint density at radius 2 is 2.04 bits per heavy atom. The molecule has 0 spiro atoms. The van der Waals surface area contributed by atoms with E-state index in [2.05, 4.69) is 15.0 Å². The van der Waals surface area contributed by atoms with Crippen molar-refractivity contribution in [1.82, 2.24) is 19.5 Å². The van der Waals surface area contributed by atoms with E-state index in [1.165, 1.54) is 26.2 Å². The van der Waals surface area contributed by atoms with Gasteiger partial charge in [-0.3, -0.25) is 14.2 Å². The Morgan fingerprint density at radius 1 is 1.30 bits per heavy atom. The number of nitrogens with zero attached hydrogens (tertiary/aromatic N) is 3. The molecule has 1 aliphatic carbocycles. The number of Topliss-reactive ketones (excluding diaryl/α,β-unsaturated/α-hetero) is 1. The number of aromatic amines is 1. The first-order valence-corrected chi connectivity index (χ1v) is 8.24. The van der Waals surface area contributed by atoms with Crippen molar-refractivity contribution in [3.05, 3.63) is 16.2 Å². The third kappa shape index (κ3) is 3.13. The molecule has 0 bridgehead atoms. The van der Waals surface area contributed by atoms with Crippen LogP contribution in [0.1, 0.15) is 56.6 Å². The standard InChI is InChI=1S/C16H22N4O3/c1-3-23-16-17-12-14(18-13(10(2)21)19-15(12)22)20(16)9-11-7-5-4-6-8-11/h11H,3-9H2,1-2H3,(H,18,19,22). The Morgan fingerprint density at radius 3 is 2.70 bits per heavy atom. The average molecular weight is 318 g/mol.